The molecule has 0 radical (unpaired) electrons. The van der Waals surface area contributed by atoms with Crippen LogP contribution in [-0.4, -0.2) is 87.1 Å². The summed E-state index contributed by atoms with van der Waals surface area (Å²) in [5, 5.41) is 2.69. The van der Waals surface area contributed by atoms with Crippen LogP contribution >= 0.6 is 0 Å². The molecule has 2 aliphatic heterocycles. The molecule has 0 atom stereocenters. The summed E-state index contributed by atoms with van der Waals surface area (Å²) in [5.74, 6) is 1.64. The second-order valence-corrected chi connectivity index (χ2v) is 9.89. The van der Waals surface area contributed by atoms with Crippen molar-refractivity contribution in [2.24, 2.45) is 0 Å². The van der Waals surface area contributed by atoms with Crippen molar-refractivity contribution in [2.45, 2.75) is 45.3 Å². The summed E-state index contributed by atoms with van der Waals surface area (Å²) < 4.78 is 28.6. The van der Waals surface area contributed by atoms with Crippen LogP contribution in [0.25, 0.3) is 6.08 Å². The molecule has 11 heteroatoms. The van der Waals surface area contributed by atoms with Crippen molar-refractivity contribution < 1.29 is 37.9 Å². The average molecular weight is 528 g/mol. The van der Waals surface area contributed by atoms with Crippen LogP contribution < -0.4 is 10.1 Å². The number of nitrogens with zero attached hydrogens (tertiary/aromatic N) is 1. The van der Waals surface area contributed by atoms with Gasteiger partial charge in [0.15, 0.2) is 0 Å². The lowest BCUT2D eigenvalue weighted by Crippen LogP contribution is -2.41. The van der Waals surface area contributed by atoms with Gasteiger partial charge in [0.2, 0.25) is 5.91 Å². The Bertz CT molecular complexity index is 988. The van der Waals surface area contributed by atoms with Crippen LogP contribution in [0.3, 0.4) is 0 Å². The highest BCUT2D eigenvalue weighted by molar-refractivity contribution is 6.52. The van der Waals surface area contributed by atoms with Crippen LogP contribution in [0.2, 0.25) is 0 Å². The lowest BCUT2D eigenvalue weighted by molar-refractivity contribution is -0.137. The minimum Gasteiger partial charge on any atom is -0.491 e. The molecule has 3 rings (SSSR count). The molecule has 0 spiro atoms. The molecule has 206 valence electrons. The normalized spacial score (nSPS) is 18.1. The van der Waals surface area contributed by atoms with Gasteiger partial charge < -0.3 is 28.8 Å². The van der Waals surface area contributed by atoms with Gasteiger partial charge >= 0.3 is 7.12 Å². The Balaban J connectivity index is 1.17. The predicted molar refractivity (Wildman–Crippen MR) is 142 cm³/mol. The Kier molecular flexibility index (Phi) is 10.7. The van der Waals surface area contributed by atoms with E-state index in [0.717, 1.165) is 16.2 Å². The zero-order chi connectivity index (χ0) is 27.6. The SMILES string of the molecule is CC1(C)OB(/C=C/c2ccc(OCCOCCOCCNC(=O)CCN3C(=O)C=CC3=O)cc2)OC1(C)C. The lowest BCUT2D eigenvalue weighted by Gasteiger charge is -2.32. The van der Waals surface area contributed by atoms with Gasteiger partial charge in [-0.2, -0.15) is 0 Å². The van der Waals surface area contributed by atoms with Crippen LogP contribution in [0.15, 0.2) is 42.4 Å². The van der Waals surface area contributed by atoms with E-state index >= 15 is 0 Å². The van der Waals surface area contributed by atoms with Crippen molar-refractivity contribution >= 4 is 30.9 Å². The van der Waals surface area contributed by atoms with E-state index in [1.807, 2.05) is 64.0 Å². The Hall–Kier alpha value is -2.99. The average Bonchev–Trinajstić information content (AvgIpc) is 3.30. The molecular formula is C27H37BN2O8. The molecule has 0 bridgehead atoms. The van der Waals surface area contributed by atoms with Crippen LogP contribution in [0.1, 0.15) is 39.7 Å². The summed E-state index contributed by atoms with van der Waals surface area (Å²) in [6.07, 6.45) is 4.42. The van der Waals surface area contributed by atoms with Crippen LogP contribution in [0, 0.1) is 0 Å². The first kappa shape index (κ1) is 29.6. The maximum atomic E-state index is 11.8. The second kappa shape index (κ2) is 13.7. The van der Waals surface area contributed by atoms with E-state index in [-0.39, 0.29) is 37.2 Å². The maximum absolute atomic E-state index is 11.8. The fourth-order valence-corrected chi connectivity index (χ4v) is 3.59. The fraction of sp³-hybridized carbons (Fsp3) is 0.519. The number of hydrogen-bond donors (Lipinski definition) is 1. The third kappa shape index (κ3) is 8.80. The van der Waals surface area contributed by atoms with E-state index in [1.165, 1.54) is 12.2 Å². The molecule has 0 unspecified atom stereocenters. The summed E-state index contributed by atoms with van der Waals surface area (Å²) in [6, 6.07) is 7.73. The first-order valence-corrected chi connectivity index (χ1v) is 12.8. The summed E-state index contributed by atoms with van der Waals surface area (Å²) in [6.45, 7) is 10.5. The number of hydrogen-bond acceptors (Lipinski definition) is 8. The number of imide groups is 1. The molecule has 0 saturated carbocycles. The molecule has 1 aromatic carbocycles. The largest absolute Gasteiger partial charge is 0.491 e. The highest BCUT2D eigenvalue weighted by Gasteiger charge is 2.50. The molecule has 0 aliphatic carbocycles. The molecular weight excluding hydrogens is 491 g/mol. The molecule has 2 aliphatic rings. The Labute approximate surface area is 224 Å². The Morgan fingerprint density at radius 1 is 0.921 bits per heavy atom. The fourth-order valence-electron chi connectivity index (χ4n) is 3.59. The zero-order valence-corrected chi connectivity index (χ0v) is 22.6. The van der Waals surface area contributed by atoms with Gasteiger partial charge in [0.25, 0.3) is 11.8 Å². The summed E-state index contributed by atoms with van der Waals surface area (Å²) in [5.41, 5.74) is 0.308. The third-order valence-electron chi connectivity index (χ3n) is 6.50. The first-order chi connectivity index (χ1) is 18.1. The van der Waals surface area contributed by atoms with Gasteiger partial charge in [-0.15, -0.1) is 0 Å². The van der Waals surface area contributed by atoms with Crippen molar-refractivity contribution in [3.8, 4) is 5.75 Å². The first-order valence-electron chi connectivity index (χ1n) is 12.8. The van der Waals surface area contributed by atoms with Gasteiger partial charge in [-0.05, 0) is 45.4 Å². The van der Waals surface area contributed by atoms with E-state index in [1.54, 1.807) is 0 Å². The van der Waals surface area contributed by atoms with Crippen molar-refractivity contribution in [1.29, 1.82) is 0 Å². The van der Waals surface area contributed by atoms with E-state index in [9.17, 15) is 14.4 Å². The smallest absolute Gasteiger partial charge is 0.487 e. The van der Waals surface area contributed by atoms with Crippen molar-refractivity contribution in [3.63, 3.8) is 0 Å². The van der Waals surface area contributed by atoms with Crippen LogP contribution in [-0.2, 0) is 33.2 Å². The van der Waals surface area contributed by atoms with Crippen molar-refractivity contribution in [3.05, 3.63) is 48.0 Å². The molecule has 3 amide bonds. The molecule has 0 aromatic heterocycles. The van der Waals surface area contributed by atoms with E-state index < -0.39 is 11.8 Å². The van der Waals surface area contributed by atoms with Gasteiger partial charge in [-0.1, -0.05) is 24.2 Å². The topological polar surface area (TPSA) is 113 Å². The summed E-state index contributed by atoms with van der Waals surface area (Å²) in [4.78, 5) is 35.7. The van der Waals surface area contributed by atoms with Gasteiger partial charge in [0, 0.05) is 31.7 Å². The Morgan fingerprint density at radius 3 is 2.13 bits per heavy atom. The molecule has 10 nitrogen and oxygen atoms in total. The van der Waals surface area contributed by atoms with E-state index in [0.29, 0.717) is 39.6 Å². The molecule has 1 saturated heterocycles. The standard InChI is InChI=1S/C27H37BN2O8/c1-26(2)27(3,4)38-28(37-26)13-11-21-5-7-22(8-6-21)36-20-19-35-18-17-34-16-14-29-23(31)12-15-30-24(32)9-10-25(30)33/h5-11,13H,12,14-20H2,1-4H3,(H,29,31)/b13-11+. The van der Waals surface area contributed by atoms with E-state index in [2.05, 4.69) is 5.32 Å². The predicted octanol–water partition coefficient (Wildman–Crippen LogP) is 2.17. The van der Waals surface area contributed by atoms with Crippen molar-refractivity contribution in [2.75, 3.05) is 46.1 Å². The highest BCUT2D eigenvalue weighted by Crippen LogP contribution is 2.37. The van der Waals surface area contributed by atoms with Crippen LogP contribution in [0.5, 0.6) is 5.75 Å². The van der Waals surface area contributed by atoms with Gasteiger partial charge in [0.1, 0.15) is 12.4 Å². The third-order valence-corrected chi connectivity index (χ3v) is 6.50. The lowest BCUT2D eigenvalue weighted by atomic mass is 9.89. The Morgan fingerprint density at radius 2 is 1.50 bits per heavy atom. The summed E-state index contributed by atoms with van der Waals surface area (Å²) >= 11 is 0. The quantitative estimate of drug-likeness (QED) is 0.210. The van der Waals surface area contributed by atoms with Crippen LogP contribution in [0.4, 0.5) is 0 Å². The molecule has 1 aromatic rings. The van der Waals surface area contributed by atoms with Crippen molar-refractivity contribution in [1.82, 2.24) is 10.2 Å². The number of carbonyl (C=O) groups is 3. The number of amides is 3. The van der Waals surface area contributed by atoms with Gasteiger partial charge in [-0.25, -0.2) is 0 Å². The number of carbonyl (C=O) groups excluding carboxylic acids is 3. The summed E-state index contributed by atoms with van der Waals surface area (Å²) in [7, 11) is -0.375. The molecule has 2 heterocycles. The van der Waals surface area contributed by atoms with E-state index in [4.69, 9.17) is 23.5 Å². The number of nitrogens with one attached hydrogen (secondary N) is 1. The minimum atomic E-state index is -0.392. The number of benzene rings is 1. The number of rotatable bonds is 15. The second-order valence-electron chi connectivity index (χ2n) is 9.89. The minimum absolute atomic E-state index is 0.0586. The van der Waals surface area contributed by atoms with Gasteiger partial charge in [0.05, 0.1) is 37.6 Å². The number of ether oxygens (including phenoxy) is 3. The molecule has 38 heavy (non-hydrogen) atoms. The zero-order valence-electron chi connectivity index (χ0n) is 22.6. The maximum Gasteiger partial charge on any atom is 0.487 e. The van der Waals surface area contributed by atoms with Gasteiger partial charge in [-0.3, -0.25) is 19.3 Å². The molecule has 1 N–H and O–H groups in total. The highest BCUT2D eigenvalue weighted by atomic mass is 16.7. The monoisotopic (exact) mass is 528 g/mol. The molecule has 1 fully saturated rings.